The highest BCUT2D eigenvalue weighted by atomic mass is 16.5. The number of hydrogen-bond donors (Lipinski definition) is 3. The van der Waals surface area contributed by atoms with Gasteiger partial charge in [0.2, 0.25) is 11.8 Å². The third-order valence-electron chi connectivity index (χ3n) is 6.67. The molecule has 2 aliphatic heterocycles. The third kappa shape index (κ3) is 4.83. The second-order valence-electron chi connectivity index (χ2n) is 8.89. The van der Waals surface area contributed by atoms with Crippen LogP contribution in [0.5, 0.6) is 0 Å². The topological polar surface area (TPSA) is 99.8 Å². The van der Waals surface area contributed by atoms with Crippen LogP contribution in [0.1, 0.15) is 43.9 Å². The van der Waals surface area contributed by atoms with Gasteiger partial charge in [-0.2, -0.15) is 0 Å². The molecule has 0 spiro atoms. The molecule has 2 fully saturated rings. The second-order valence-corrected chi connectivity index (χ2v) is 8.89. The van der Waals surface area contributed by atoms with E-state index < -0.39 is 30.5 Å². The van der Waals surface area contributed by atoms with Crippen LogP contribution in [0.2, 0.25) is 0 Å². The summed E-state index contributed by atoms with van der Waals surface area (Å²) in [5, 5.41) is 8.81. The van der Waals surface area contributed by atoms with Gasteiger partial charge in [-0.1, -0.05) is 60.7 Å². The first-order valence-corrected chi connectivity index (χ1v) is 11.8. The average Bonchev–Trinajstić information content (AvgIpc) is 3.29. The van der Waals surface area contributed by atoms with E-state index in [9.17, 15) is 14.4 Å². The number of benzene rings is 2. The molecule has 2 aromatic rings. The minimum Gasteiger partial charge on any atom is -0.353 e. The number of hydrogen-bond acceptors (Lipinski definition) is 5. The number of rotatable bonds is 7. The van der Waals surface area contributed by atoms with E-state index in [-0.39, 0.29) is 23.8 Å². The largest absolute Gasteiger partial charge is 0.353 e. The molecule has 0 bridgehead atoms. The van der Waals surface area contributed by atoms with E-state index in [2.05, 4.69) is 16.0 Å². The first-order chi connectivity index (χ1) is 16.4. The Morgan fingerprint density at radius 2 is 1.59 bits per heavy atom. The van der Waals surface area contributed by atoms with E-state index >= 15 is 0 Å². The Labute approximate surface area is 200 Å². The fraction of sp³-hybridized carbons (Fsp3) is 0.423. The lowest BCUT2D eigenvalue weighted by molar-refractivity contribution is -0.179. The molecule has 8 heteroatoms. The highest BCUT2D eigenvalue weighted by molar-refractivity contribution is 5.94. The molecule has 4 rings (SSSR count). The van der Waals surface area contributed by atoms with Crippen molar-refractivity contribution in [3.8, 4) is 0 Å². The van der Waals surface area contributed by atoms with Gasteiger partial charge in [0.25, 0.3) is 5.91 Å². The predicted octanol–water partition coefficient (Wildman–Crippen LogP) is 1.72. The van der Waals surface area contributed by atoms with Gasteiger partial charge in [0.15, 0.2) is 0 Å². The SMILES string of the molecule is CNC(C)C(=O)N[C@@H]1C(=O)N2C(CCC2C(=O)NC(c2ccccc2)c2ccccc2)O[C@@H]1C. The highest BCUT2D eigenvalue weighted by Crippen LogP contribution is 2.32. The van der Waals surface area contributed by atoms with Crippen LogP contribution < -0.4 is 16.0 Å². The molecule has 0 radical (unpaired) electrons. The van der Waals surface area contributed by atoms with Gasteiger partial charge in [0.1, 0.15) is 18.3 Å². The zero-order chi connectivity index (χ0) is 24.2. The molecule has 2 heterocycles. The van der Waals surface area contributed by atoms with Crippen LogP contribution >= 0.6 is 0 Å². The number of nitrogens with one attached hydrogen (secondary N) is 3. The Kier molecular flexibility index (Phi) is 7.29. The summed E-state index contributed by atoms with van der Waals surface area (Å²) < 4.78 is 6.05. The fourth-order valence-electron chi connectivity index (χ4n) is 4.63. The first-order valence-electron chi connectivity index (χ1n) is 11.8. The molecule has 180 valence electrons. The Morgan fingerprint density at radius 3 is 2.15 bits per heavy atom. The summed E-state index contributed by atoms with van der Waals surface area (Å²) in [6, 6.07) is 17.2. The molecule has 34 heavy (non-hydrogen) atoms. The number of fused-ring (bicyclic) bond motifs is 1. The van der Waals surface area contributed by atoms with Crippen LogP contribution in [0.3, 0.4) is 0 Å². The minimum absolute atomic E-state index is 0.236. The van der Waals surface area contributed by atoms with Crippen molar-refractivity contribution in [1.29, 1.82) is 0 Å². The van der Waals surface area contributed by atoms with E-state index in [1.54, 1.807) is 20.9 Å². The third-order valence-corrected chi connectivity index (χ3v) is 6.67. The van der Waals surface area contributed by atoms with Crippen molar-refractivity contribution < 1.29 is 19.1 Å². The summed E-state index contributed by atoms with van der Waals surface area (Å²) in [6.07, 6.45) is 0.118. The molecule has 0 aliphatic carbocycles. The van der Waals surface area contributed by atoms with Crippen molar-refractivity contribution in [2.24, 2.45) is 0 Å². The van der Waals surface area contributed by atoms with Gasteiger partial charge in [-0.25, -0.2) is 0 Å². The van der Waals surface area contributed by atoms with Crippen LogP contribution in [0, 0.1) is 0 Å². The van der Waals surface area contributed by atoms with E-state index in [4.69, 9.17) is 4.74 Å². The van der Waals surface area contributed by atoms with Crippen molar-refractivity contribution in [3.05, 3.63) is 71.8 Å². The maximum Gasteiger partial charge on any atom is 0.250 e. The fourth-order valence-corrected chi connectivity index (χ4v) is 4.63. The quantitative estimate of drug-likeness (QED) is 0.580. The van der Waals surface area contributed by atoms with Gasteiger partial charge in [-0.05, 0) is 44.9 Å². The van der Waals surface area contributed by atoms with E-state index in [0.29, 0.717) is 12.8 Å². The van der Waals surface area contributed by atoms with Crippen LogP contribution in [0.15, 0.2) is 60.7 Å². The maximum atomic E-state index is 13.5. The molecule has 3 unspecified atom stereocenters. The summed E-state index contributed by atoms with van der Waals surface area (Å²) in [5.41, 5.74) is 1.91. The molecular formula is C26H32N4O4. The monoisotopic (exact) mass is 464 g/mol. The number of ether oxygens (including phenoxy) is 1. The molecule has 2 aliphatic rings. The zero-order valence-corrected chi connectivity index (χ0v) is 19.7. The maximum absolute atomic E-state index is 13.5. The molecule has 3 N–H and O–H groups in total. The number of amides is 3. The van der Waals surface area contributed by atoms with E-state index in [1.165, 1.54) is 4.90 Å². The molecule has 2 saturated heterocycles. The average molecular weight is 465 g/mol. The lowest BCUT2D eigenvalue weighted by Gasteiger charge is -2.41. The van der Waals surface area contributed by atoms with Crippen molar-refractivity contribution in [1.82, 2.24) is 20.9 Å². The van der Waals surface area contributed by atoms with Crippen molar-refractivity contribution in [2.75, 3.05) is 7.05 Å². The van der Waals surface area contributed by atoms with Crippen LogP contribution in [-0.4, -0.2) is 60.1 Å². The smallest absolute Gasteiger partial charge is 0.250 e. The molecule has 0 aromatic heterocycles. The van der Waals surface area contributed by atoms with Gasteiger partial charge in [0.05, 0.1) is 18.2 Å². The lowest BCUT2D eigenvalue weighted by atomic mass is 9.98. The summed E-state index contributed by atoms with van der Waals surface area (Å²) in [4.78, 5) is 40.9. The molecule has 3 amide bonds. The van der Waals surface area contributed by atoms with Crippen molar-refractivity contribution in [3.63, 3.8) is 0 Å². The summed E-state index contributed by atoms with van der Waals surface area (Å²) >= 11 is 0. The zero-order valence-electron chi connectivity index (χ0n) is 19.7. The molecule has 5 atom stereocenters. The Bertz CT molecular complexity index is 976. The van der Waals surface area contributed by atoms with Gasteiger partial charge < -0.3 is 25.6 Å². The minimum atomic E-state index is -0.841. The van der Waals surface area contributed by atoms with Gasteiger partial charge in [-0.15, -0.1) is 0 Å². The Morgan fingerprint density at radius 1 is 1.00 bits per heavy atom. The van der Waals surface area contributed by atoms with E-state index in [0.717, 1.165) is 11.1 Å². The van der Waals surface area contributed by atoms with Gasteiger partial charge in [-0.3, -0.25) is 14.4 Å². The second kappa shape index (κ2) is 10.4. The number of carbonyl (C=O) groups excluding carboxylic acids is 3. The highest BCUT2D eigenvalue weighted by Gasteiger charge is 2.50. The van der Waals surface area contributed by atoms with Crippen molar-refractivity contribution >= 4 is 17.7 Å². The summed E-state index contributed by atoms with van der Waals surface area (Å²) in [7, 11) is 1.68. The number of nitrogens with zero attached hydrogens (tertiary/aromatic N) is 1. The standard InChI is InChI=1S/C26H32N4O4/c1-16(27-3)24(31)28-22-17(2)34-21-15-14-20(30(21)26(22)33)25(32)29-23(18-10-6-4-7-11-18)19-12-8-5-9-13-19/h4-13,16-17,20-23,27H,14-15H2,1-3H3,(H,28,31)(H,29,32)/t16?,17-,20?,21?,22+/m1/s1. The summed E-state index contributed by atoms with van der Waals surface area (Å²) in [5.74, 6) is -0.808. The van der Waals surface area contributed by atoms with Crippen LogP contribution in [0.4, 0.5) is 0 Å². The Hall–Kier alpha value is -3.23. The number of likely N-dealkylation sites (N-methyl/N-ethyl adjacent to an activating group) is 1. The molecule has 0 saturated carbocycles. The molecule has 8 nitrogen and oxygen atoms in total. The van der Waals surface area contributed by atoms with Gasteiger partial charge >= 0.3 is 0 Å². The number of carbonyl (C=O) groups is 3. The first kappa shape index (κ1) is 23.9. The Balaban J connectivity index is 1.54. The summed E-state index contributed by atoms with van der Waals surface area (Å²) in [6.45, 7) is 3.49. The van der Waals surface area contributed by atoms with E-state index in [1.807, 2.05) is 60.7 Å². The van der Waals surface area contributed by atoms with Crippen LogP contribution in [-0.2, 0) is 19.1 Å². The molecule has 2 aromatic carbocycles. The normalized spacial score (nSPS) is 25.1. The van der Waals surface area contributed by atoms with Gasteiger partial charge in [0, 0.05) is 0 Å². The lowest BCUT2D eigenvalue weighted by Crippen LogP contribution is -2.65. The predicted molar refractivity (Wildman–Crippen MR) is 128 cm³/mol. The van der Waals surface area contributed by atoms with Crippen LogP contribution in [0.25, 0.3) is 0 Å². The van der Waals surface area contributed by atoms with Crippen molar-refractivity contribution in [2.45, 2.75) is 63.2 Å². The molecular weight excluding hydrogens is 432 g/mol.